The van der Waals surface area contributed by atoms with E-state index in [1.807, 2.05) is 0 Å². The summed E-state index contributed by atoms with van der Waals surface area (Å²) in [6.07, 6.45) is 1.26. The molecule has 162 valence electrons. The second-order valence-electron chi connectivity index (χ2n) is 6.25. The van der Waals surface area contributed by atoms with E-state index in [1.165, 1.54) is 42.6 Å². The first kappa shape index (κ1) is 22.9. The van der Waals surface area contributed by atoms with E-state index in [4.69, 9.17) is 27.9 Å². The van der Waals surface area contributed by atoms with Crippen LogP contribution in [-0.2, 0) is 9.59 Å². The summed E-state index contributed by atoms with van der Waals surface area (Å²) in [6.45, 7) is 0. The normalized spacial score (nSPS) is 10.6. The predicted molar refractivity (Wildman–Crippen MR) is 119 cm³/mol. The molecule has 7 nitrogen and oxygen atoms in total. The molecule has 0 aliphatic rings. The Kier molecular flexibility index (Phi) is 7.54. The highest BCUT2D eigenvalue weighted by Gasteiger charge is 2.14. The SMILES string of the molecule is O=C(NN=Cc1cccc(OC(=O)c2ccc(Cl)cc2Cl)c1)C(=O)Nc1ccc(F)cc1. The maximum atomic E-state index is 12.9. The van der Waals surface area contributed by atoms with E-state index in [0.717, 1.165) is 12.1 Å². The maximum absolute atomic E-state index is 12.9. The van der Waals surface area contributed by atoms with Crippen LogP contribution >= 0.6 is 23.2 Å². The number of rotatable bonds is 5. The van der Waals surface area contributed by atoms with Crippen LogP contribution in [0.3, 0.4) is 0 Å². The molecule has 0 spiro atoms. The molecule has 0 unspecified atom stereocenters. The van der Waals surface area contributed by atoms with Gasteiger partial charge in [-0.25, -0.2) is 14.6 Å². The number of carbonyl (C=O) groups excluding carboxylic acids is 3. The second-order valence-corrected chi connectivity index (χ2v) is 7.09. The number of hydrogen-bond donors (Lipinski definition) is 2. The zero-order valence-corrected chi connectivity index (χ0v) is 17.7. The van der Waals surface area contributed by atoms with E-state index in [2.05, 4.69) is 15.8 Å². The second kappa shape index (κ2) is 10.5. The van der Waals surface area contributed by atoms with Crippen molar-refractivity contribution in [2.45, 2.75) is 0 Å². The highest BCUT2D eigenvalue weighted by molar-refractivity contribution is 6.39. The zero-order valence-electron chi connectivity index (χ0n) is 16.1. The fourth-order valence-electron chi connectivity index (χ4n) is 2.41. The molecule has 32 heavy (non-hydrogen) atoms. The number of nitrogens with one attached hydrogen (secondary N) is 2. The smallest absolute Gasteiger partial charge is 0.345 e. The standard InChI is InChI=1S/C22H14Cl2FN3O4/c23-14-4-9-18(19(24)11-14)22(31)32-17-3-1-2-13(10-17)12-26-28-21(30)20(29)27-16-7-5-15(25)6-8-16/h1-12H,(H,27,29)(H,28,30). The number of halogens is 3. The molecule has 3 aromatic rings. The number of hydrogen-bond acceptors (Lipinski definition) is 5. The number of amides is 2. The largest absolute Gasteiger partial charge is 0.423 e. The summed E-state index contributed by atoms with van der Waals surface area (Å²) in [5.74, 6) is -2.93. The van der Waals surface area contributed by atoms with Gasteiger partial charge in [-0.3, -0.25) is 9.59 Å². The van der Waals surface area contributed by atoms with E-state index in [1.54, 1.807) is 18.2 Å². The number of hydrazone groups is 1. The molecule has 0 aliphatic carbocycles. The average Bonchev–Trinajstić information content (AvgIpc) is 2.75. The molecule has 10 heteroatoms. The van der Waals surface area contributed by atoms with Gasteiger partial charge in [0.15, 0.2) is 0 Å². The number of anilines is 1. The lowest BCUT2D eigenvalue weighted by Crippen LogP contribution is -2.32. The Balaban J connectivity index is 1.57. The molecule has 0 aromatic heterocycles. The van der Waals surface area contributed by atoms with Gasteiger partial charge in [-0.2, -0.15) is 5.10 Å². The first-order valence-electron chi connectivity index (χ1n) is 8.99. The summed E-state index contributed by atoms with van der Waals surface area (Å²) >= 11 is 11.8. The summed E-state index contributed by atoms with van der Waals surface area (Å²) in [7, 11) is 0. The molecule has 2 amide bonds. The van der Waals surface area contributed by atoms with E-state index in [-0.39, 0.29) is 22.0 Å². The third-order valence-electron chi connectivity index (χ3n) is 3.91. The number of nitrogens with zero attached hydrogens (tertiary/aromatic N) is 1. The van der Waals surface area contributed by atoms with Gasteiger partial charge in [0.25, 0.3) is 0 Å². The van der Waals surface area contributed by atoms with Crippen molar-refractivity contribution in [1.29, 1.82) is 0 Å². The van der Waals surface area contributed by atoms with Crippen LogP contribution in [0.4, 0.5) is 10.1 Å². The fraction of sp³-hybridized carbons (Fsp3) is 0. The predicted octanol–water partition coefficient (Wildman–Crippen LogP) is 4.44. The average molecular weight is 474 g/mol. The van der Waals surface area contributed by atoms with Crippen molar-refractivity contribution in [2.24, 2.45) is 5.10 Å². The molecule has 3 aromatic carbocycles. The molecule has 0 atom stereocenters. The summed E-state index contributed by atoms with van der Waals surface area (Å²) in [4.78, 5) is 36.0. The van der Waals surface area contributed by atoms with Gasteiger partial charge >= 0.3 is 17.8 Å². The Labute approximate surface area is 191 Å². The van der Waals surface area contributed by atoms with E-state index < -0.39 is 23.6 Å². The fourth-order valence-corrected chi connectivity index (χ4v) is 2.90. The Morgan fingerprint density at radius 2 is 1.69 bits per heavy atom. The minimum atomic E-state index is -1.02. The molecule has 3 rings (SSSR count). The van der Waals surface area contributed by atoms with Crippen molar-refractivity contribution in [3.63, 3.8) is 0 Å². The van der Waals surface area contributed by atoms with Crippen LogP contribution in [0.1, 0.15) is 15.9 Å². The van der Waals surface area contributed by atoms with Gasteiger partial charge in [-0.1, -0.05) is 35.3 Å². The van der Waals surface area contributed by atoms with Crippen LogP contribution < -0.4 is 15.5 Å². The van der Waals surface area contributed by atoms with Gasteiger partial charge in [0, 0.05) is 10.7 Å². The van der Waals surface area contributed by atoms with Crippen LogP contribution in [0, 0.1) is 5.82 Å². The van der Waals surface area contributed by atoms with E-state index >= 15 is 0 Å². The van der Waals surface area contributed by atoms with Crippen molar-refractivity contribution in [3.8, 4) is 5.75 Å². The van der Waals surface area contributed by atoms with Gasteiger partial charge < -0.3 is 10.1 Å². The lowest BCUT2D eigenvalue weighted by Gasteiger charge is -2.07. The summed E-state index contributed by atoms with van der Waals surface area (Å²) in [6, 6.07) is 15.6. The van der Waals surface area contributed by atoms with Crippen LogP contribution in [0.5, 0.6) is 5.75 Å². The number of ether oxygens (including phenoxy) is 1. The van der Waals surface area contributed by atoms with Crippen LogP contribution in [0.25, 0.3) is 0 Å². The number of benzene rings is 3. The van der Waals surface area contributed by atoms with Crippen molar-refractivity contribution < 1.29 is 23.5 Å². The van der Waals surface area contributed by atoms with Gasteiger partial charge in [0.1, 0.15) is 11.6 Å². The molecule has 0 aliphatic heterocycles. The molecule has 0 heterocycles. The van der Waals surface area contributed by atoms with Gasteiger partial charge in [-0.15, -0.1) is 0 Å². The van der Waals surface area contributed by atoms with Gasteiger partial charge in [0.05, 0.1) is 16.8 Å². The molecule has 2 N–H and O–H groups in total. The molecule has 0 saturated heterocycles. The minimum Gasteiger partial charge on any atom is -0.423 e. The monoisotopic (exact) mass is 473 g/mol. The highest BCUT2D eigenvalue weighted by Crippen LogP contribution is 2.23. The summed E-state index contributed by atoms with van der Waals surface area (Å²) < 4.78 is 18.2. The topological polar surface area (TPSA) is 96.9 Å². The quantitative estimate of drug-likeness (QED) is 0.188. The first-order chi connectivity index (χ1) is 15.3. The van der Waals surface area contributed by atoms with Crippen LogP contribution in [-0.4, -0.2) is 24.0 Å². The van der Waals surface area contributed by atoms with E-state index in [0.29, 0.717) is 10.6 Å². The Hall–Kier alpha value is -3.75. The lowest BCUT2D eigenvalue weighted by molar-refractivity contribution is -0.136. The Morgan fingerprint density at radius 1 is 0.938 bits per heavy atom. The Morgan fingerprint density at radius 3 is 2.41 bits per heavy atom. The number of esters is 1. The Bertz CT molecular complexity index is 1200. The van der Waals surface area contributed by atoms with Crippen molar-refractivity contribution in [1.82, 2.24) is 5.43 Å². The molecule has 0 bridgehead atoms. The molecular formula is C22H14Cl2FN3O4. The van der Waals surface area contributed by atoms with Crippen molar-refractivity contribution >= 4 is 52.9 Å². The highest BCUT2D eigenvalue weighted by atomic mass is 35.5. The molecule has 0 fully saturated rings. The van der Waals surface area contributed by atoms with Crippen molar-refractivity contribution in [3.05, 3.63) is 93.7 Å². The number of carbonyl (C=O) groups is 3. The summed E-state index contributed by atoms with van der Waals surface area (Å²) in [5.41, 5.74) is 2.95. The maximum Gasteiger partial charge on any atom is 0.345 e. The zero-order chi connectivity index (χ0) is 23.1. The third-order valence-corrected chi connectivity index (χ3v) is 4.46. The first-order valence-corrected chi connectivity index (χ1v) is 9.74. The van der Waals surface area contributed by atoms with Gasteiger partial charge in [0.2, 0.25) is 0 Å². The van der Waals surface area contributed by atoms with Crippen LogP contribution in [0.2, 0.25) is 10.0 Å². The minimum absolute atomic E-state index is 0.148. The van der Waals surface area contributed by atoms with Crippen LogP contribution in [0.15, 0.2) is 71.8 Å². The molecular weight excluding hydrogens is 460 g/mol. The third kappa shape index (κ3) is 6.37. The summed E-state index contributed by atoms with van der Waals surface area (Å²) in [5, 5.41) is 6.54. The molecule has 0 saturated carbocycles. The lowest BCUT2D eigenvalue weighted by atomic mass is 10.2. The van der Waals surface area contributed by atoms with Gasteiger partial charge in [-0.05, 0) is 60.2 Å². The molecule has 0 radical (unpaired) electrons. The van der Waals surface area contributed by atoms with E-state index in [9.17, 15) is 18.8 Å². The van der Waals surface area contributed by atoms with Crippen molar-refractivity contribution in [2.75, 3.05) is 5.32 Å².